The van der Waals surface area contributed by atoms with Crippen LogP contribution in [0.25, 0.3) is 0 Å². The topological polar surface area (TPSA) is 103 Å². The van der Waals surface area contributed by atoms with Gasteiger partial charge in [-0.25, -0.2) is 0 Å². The van der Waals surface area contributed by atoms with Crippen molar-refractivity contribution in [2.45, 2.75) is 76.1 Å². The van der Waals surface area contributed by atoms with Crippen molar-refractivity contribution >= 4 is 0 Å². The van der Waals surface area contributed by atoms with Crippen LogP contribution in [0, 0.1) is 0 Å². The number of unbranched alkanes of at least 4 members (excludes halogenated alkanes) is 5. The summed E-state index contributed by atoms with van der Waals surface area (Å²) < 4.78 is 5.47. The van der Waals surface area contributed by atoms with Gasteiger partial charge in [0, 0.05) is 6.54 Å². The van der Waals surface area contributed by atoms with E-state index in [4.69, 9.17) is 9.57 Å². The van der Waals surface area contributed by atoms with E-state index < -0.39 is 37.3 Å². The Morgan fingerprint density at radius 3 is 2.18 bits per heavy atom. The second-order valence-corrected chi connectivity index (χ2v) is 5.81. The summed E-state index contributed by atoms with van der Waals surface area (Å²) in [6.45, 7) is 2.28. The SMILES string of the molecule is CCCCCCCCN(OC)[C@@H]1O[C@H](CO)[C@@H](O)[C@H](O)[C@H]1O. The van der Waals surface area contributed by atoms with Crippen LogP contribution in [0.3, 0.4) is 0 Å². The average Bonchev–Trinajstić information content (AvgIpc) is 2.53. The Morgan fingerprint density at radius 2 is 1.59 bits per heavy atom. The first-order chi connectivity index (χ1) is 10.6. The van der Waals surface area contributed by atoms with Gasteiger partial charge in [-0.2, -0.15) is 5.06 Å². The van der Waals surface area contributed by atoms with Gasteiger partial charge in [-0.3, -0.25) is 4.84 Å². The van der Waals surface area contributed by atoms with E-state index in [-0.39, 0.29) is 0 Å². The summed E-state index contributed by atoms with van der Waals surface area (Å²) in [6.07, 6.45) is 0.908. The molecule has 1 rings (SSSR count). The molecular weight excluding hydrogens is 290 g/mol. The van der Waals surface area contributed by atoms with Crippen molar-refractivity contribution in [1.82, 2.24) is 5.06 Å². The second-order valence-electron chi connectivity index (χ2n) is 5.81. The van der Waals surface area contributed by atoms with E-state index in [1.54, 1.807) is 0 Å². The molecule has 0 aromatic rings. The summed E-state index contributed by atoms with van der Waals surface area (Å²) in [7, 11) is 1.47. The third-order valence-corrected chi connectivity index (χ3v) is 4.12. The van der Waals surface area contributed by atoms with Gasteiger partial charge >= 0.3 is 0 Å². The lowest BCUT2D eigenvalue weighted by molar-refractivity contribution is -0.328. The lowest BCUT2D eigenvalue weighted by atomic mass is 9.98. The Hall–Kier alpha value is -0.280. The number of rotatable bonds is 10. The summed E-state index contributed by atoms with van der Waals surface area (Å²) >= 11 is 0. The third kappa shape index (κ3) is 5.42. The van der Waals surface area contributed by atoms with E-state index in [0.717, 1.165) is 19.3 Å². The van der Waals surface area contributed by atoms with Gasteiger partial charge in [0.05, 0.1) is 13.7 Å². The molecule has 22 heavy (non-hydrogen) atoms. The summed E-state index contributed by atoms with van der Waals surface area (Å²) in [5.74, 6) is 0. The van der Waals surface area contributed by atoms with Crippen LogP contribution in [0.2, 0.25) is 0 Å². The molecule has 0 saturated carbocycles. The fourth-order valence-corrected chi connectivity index (χ4v) is 2.69. The van der Waals surface area contributed by atoms with E-state index in [2.05, 4.69) is 6.92 Å². The van der Waals surface area contributed by atoms with Gasteiger partial charge in [-0.15, -0.1) is 0 Å². The molecular formula is C15H31NO6. The zero-order valence-electron chi connectivity index (χ0n) is 13.6. The van der Waals surface area contributed by atoms with Gasteiger partial charge in [0.15, 0.2) is 6.23 Å². The first-order valence-corrected chi connectivity index (χ1v) is 8.18. The quantitative estimate of drug-likeness (QED) is 0.332. The van der Waals surface area contributed by atoms with Crippen LogP contribution in [-0.4, -0.2) is 76.4 Å². The van der Waals surface area contributed by atoms with Crippen molar-refractivity contribution < 1.29 is 30.0 Å². The van der Waals surface area contributed by atoms with Crippen molar-refractivity contribution in [3.8, 4) is 0 Å². The van der Waals surface area contributed by atoms with Gasteiger partial charge < -0.3 is 25.2 Å². The molecule has 1 fully saturated rings. The molecule has 132 valence electrons. The van der Waals surface area contributed by atoms with Crippen LogP contribution < -0.4 is 0 Å². The predicted molar refractivity (Wildman–Crippen MR) is 80.9 cm³/mol. The molecule has 0 bridgehead atoms. The first kappa shape index (κ1) is 19.8. The summed E-state index contributed by atoms with van der Waals surface area (Å²) in [4.78, 5) is 5.24. The minimum absolute atomic E-state index is 0.435. The molecule has 0 radical (unpaired) electrons. The highest BCUT2D eigenvalue weighted by molar-refractivity contribution is 4.90. The number of hydrogen-bond acceptors (Lipinski definition) is 7. The Kier molecular flexibility index (Phi) is 9.42. The Bertz CT molecular complexity index is 291. The minimum Gasteiger partial charge on any atom is -0.394 e. The average molecular weight is 321 g/mol. The highest BCUT2D eigenvalue weighted by atomic mass is 16.7. The number of nitrogens with zero attached hydrogens (tertiary/aromatic N) is 1. The number of aliphatic hydroxyl groups is 4. The van der Waals surface area contributed by atoms with Crippen LogP contribution in [0.15, 0.2) is 0 Å². The maximum atomic E-state index is 10.1. The fourth-order valence-electron chi connectivity index (χ4n) is 2.69. The fraction of sp³-hybridized carbons (Fsp3) is 1.00. The number of hydroxylamine groups is 2. The molecule has 1 heterocycles. The van der Waals surface area contributed by atoms with Gasteiger partial charge in [0.25, 0.3) is 0 Å². The van der Waals surface area contributed by atoms with Crippen molar-refractivity contribution in [1.29, 1.82) is 0 Å². The monoisotopic (exact) mass is 321 g/mol. The maximum absolute atomic E-state index is 10.1. The van der Waals surface area contributed by atoms with Crippen molar-refractivity contribution in [3.63, 3.8) is 0 Å². The number of ether oxygens (including phenoxy) is 1. The highest BCUT2D eigenvalue weighted by Gasteiger charge is 2.45. The van der Waals surface area contributed by atoms with Crippen molar-refractivity contribution in [2.75, 3.05) is 20.3 Å². The first-order valence-electron chi connectivity index (χ1n) is 8.18. The lowest BCUT2D eigenvalue weighted by Gasteiger charge is -2.43. The zero-order valence-corrected chi connectivity index (χ0v) is 13.6. The molecule has 7 nitrogen and oxygen atoms in total. The van der Waals surface area contributed by atoms with E-state index in [9.17, 15) is 20.4 Å². The van der Waals surface area contributed by atoms with Crippen LogP contribution in [0.4, 0.5) is 0 Å². The van der Waals surface area contributed by atoms with Crippen molar-refractivity contribution in [2.24, 2.45) is 0 Å². The van der Waals surface area contributed by atoms with E-state index in [1.165, 1.54) is 31.4 Å². The smallest absolute Gasteiger partial charge is 0.162 e. The minimum atomic E-state index is -1.38. The molecule has 7 heteroatoms. The highest BCUT2D eigenvalue weighted by Crippen LogP contribution is 2.24. The molecule has 4 N–H and O–H groups in total. The summed E-state index contributed by atoms with van der Waals surface area (Å²) in [5, 5.41) is 40.3. The molecule has 0 amide bonds. The molecule has 0 spiro atoms. The molecule has 1 aliphatic heterocycles. The zero-order chi connectivity index (χ0) is 16.5. The Balaban J connectivity index is 2.46. The largest absolute Gasteiger partial charge is 0.394 e. The van der Waals surface area contributed by atoms with Gasteiger partial charge in [0.1, 0.15) is 24.4 Å². The Labute approximate surface area is 132 Å². The molecule has 1 aliphatic rings. The van der Waals surface area contributed by atoms with Crippen molar-refractivity contribution in [3.05, 3.63) is 0 Å². The van der Waals surface area contributed by atoms with Gasteiger partial charge in [0.2, 0.25) is 0 Å². The van der Waals surface area contributed by atoms with E-state index >= 15 is 0 Å². The molecule has 0 aliphatic carbocycles. The predicted octanol–water partition coefficient (Wildman–Crippen LogP) is 0.0102. The number of hydrogen-bond donors (Lipinski definition) is 4. The summed E-state index contributed by atoms with van der Waals surface area (Å²) in [6, 6.07) is 0. The molecule has 0 aromatic carbocycles. The normalized spacial score (nSPS) is 32.6. The van der Waals surface area contributed by atoms with E-state index in [1.807, 2.05) is 0 Å². The molecule has 0 aromatic heterocycles. The van der Waals surface area contributed by atoms with Crippen LogP contribution in [0.1, 0.15) is 45.4 Å². The van der Waals surface area contributed by atoms with Crippen LogP contribution >= 0.6 is 0 Å². The number of aliphatic hydroxyl groups excluding tert-OH is 4. The second kappa shape index (κ2) is 10.5. The summed E-state index contributed by atoms with van der Waals surface area (Å²) in [5.41, 5.74) is 0. The van der Waals surface area contributed by atoms with Crippen LogP contribution in [0.5, 0.6) is 0 Å². The van der Waals surface area contributed by atoms with Gasteiger partial charge in [-0.05, 0) is 6.42 Å². The third-order valence-electron chi connectivity index (χ3n) is 4.12. The maximum Gasteiger partial charge on any atom is 0.162 e. The molecule has 0 unspecified atom stereocenters. The van der Waals surface area contributed by atoms with Crippen LogP contribution in [-0.2, 0) is 9.57 Å². The molecule has 1 saturated heterocycles. The van der Waals surface area contributed by atoms with Gasteiger partial charge in [-0.1, -0.05) is 39.0 Å². The standard InChI is InChI=1S/C15H31NO6/c1-3-4-5-6-7-8-9-16(21-2)15-14(20)13(19)12(18)11(10-17)22-15/h11-15,17-20H,3-10H2,1-2H3/t11-,12-,13+,14-,15-/m1/s1. The lowest BCUT2D eigenvalue weighted by Crippen LogP contribution is -2.63. The van der Waals surface area contributed by atoms with E-state index in [0.29, 0.717) is 6.54 Å². The Morgan fingerprint density at radius 1 is 0.955 bits per heavy atom. The molecule has 5 atom stereocenters.